The van der Waals surface area contributed by atoms with Crippen LogP contribution in [0.5, 0.6) is 5.75 Å². The minimum atomic E-state index is -2.79. The van der Waals surface area contributed by atoms with E-state index in [2.05, 4.69) is 4.74 Å². The van der Waals surface area contributed by atoms with Crippen molar-refractivity contribution >= 4 is 0 Å². The normalized spacial score (nSPS) is 12.9. The summed E-state index contributed by atoms with van der Waals surface area (Å²) in [4.78, 5) is 0. The first-order chi connectivity index (χ1) is 6.65. The van der Waals surface area contributed by atoms with Crippen LogP contribution in [0.2, 0.25) is 0 Å². The Hall–Kier alpha value is -1.16. The first kappa shape index (κ1) is 10.9. The summed E-state index contributed by atoms with van der Waals surface area (Å²) in [5.74, 6) is 0.227. The third-order valence-corrected chi connectivity index (χ3v) is 2.02. The van der Waals surface area contributed by atoms with E-state index in [-0.39, 0.29) is 11.7 Å². The van der Waals surface area contributed by atoms with Crippen molar-refractivity contribution in [3.8, 4) is 5.75 Å². The van der Waals surface area contributed by atoms with Gasteiger partial charge in [0.25, 0.3) is 0 Å². The number of halogens is 2. The van der Waals surface area contributed by atoms with Crippen molar-refractivity contribution < 1.29 is 13.5 Å². The van der Waals surface area contributed by atoms with Crippen molar-refractivity contribution in [3.63, 3.8) is 0 Å². The zero-order chi connectivity index (χ0) is 10.6. The zero-order valence-electron chi connectivity index (χ0n) is 7.91. The van der Waals surface area contributed by atoms with Gasteiger partial charge in [0, 0.05) is 0 Å². The molecule has 0 bridgehead atoms. The van der Waals surface area contributed by atoms with Crippen molar-refractivity contribution in [1.29, 1.82) is 0 Å². The maximum Gasteiger partial charge on any atom is 0.387 e. The molecule has 78 valence electrons. The Labute approximate surface area is 81.7 Å². The van der Waals surface area contributed by atoms with Gasteiger partial charge in [0.2, 0.25) is 0 Å². The fourth-order valence-electron chi connectivity index (χ4n) is 1.22. The van der Waals surface area contributed by atoms with Crippen molar-refractivity contribution in [3.05, 3.63) is 29.8 Å². The second kappa shape index (κ2) is 4.91. The van der Waals surface area contributed by atoms with Crippen LogP contribution in [0.25, 0.3) is 0 Å². The van der Waals surface area contributed by atoms with Crippen molar-refractivity contribution in [2.24, 2.45) is 5.73 Å². The van der Waals surface area contributed by atoms with Gasteiger partial charge in [0.15, 0.2) is 0 Å². The Bertz CT molecular complexity index is 291. The van der Waals surface area contributed by atoms with Crippen molar-refractivity contribution in [1.82, 2.24) is 0 Å². The molecule has 0 fully saturated rings. The summed E-state index contributed by atoms with van der Waals surface area (Å²) in [6.45, 7) is -0.516. The molecule has 0 radical (unpaired) electrons. The van der Waals surface area contributed by atoms with Gasteiger partial charge in [-0.2, -0.15) is 8.78 Å². The molecule has 1 aromatic rings. The highest BCUT2D eigenvalue weighted by molar-refractivity contribution is 5.36. The summed E-state index contributed by atoms with van der Waals surface area (Å²) in [6, 6.07) is 6.70. The largest absolute Gasteiger partial charge is 0.435 e. The molecule has 2 N–H and O–H groups in total. The number of alkyl halides is 2. The van der Waals surface area contributed by atoms with Crippen LogP contribution in [0.4, 0.5) is 8.78 Å². The smallest absolute Gasteiger partial charge is 0.387 e. The molecular formula is C10H13F2NO. The van der Waals surface area contributed by atoms with Gasteiger partial charge in [0.1, 0.15) is 5.75 Å². The number of rotatable bonds is 4. The topological polar surface area (TPSA) is 35.2 Å². The molecule has 0 aliphatic rings. The average Bonchev–Trinajstić information content (AvgIpc) is 2.16. The molecule has 1 atom stereocenters. The predicted molar refractivity (Wildman–Crippen MR) is 50.5 cm³/mol. The molecule has 0 saturated carbocycles. The molecule has 0 amide bonds. The summed E-state index contributed by atoms with van der Waals surface area (Å²) in [6.07, 6.45) is 0. The highest BCUT2D eigenvalue weighted by Crippen LogP contribution is 2.26. The first-order valence-corrected chi connectivity index (χ1v) is 4.39. The van der Waals surface area contributed by atoms with Crippen LogP contribution >= 0.6 is 0 Å². The maximum absolute atomic E-state index is 12.0. The lowest BCUT2D eigenvalue weighted by atomic mass is 10.0. The lowest BCUT2D eigenvalue weighted by Crippen LogP contribution is -2.12. The molecule has 0 aliphatic carbocycles. The summed E-state index contributed by atoms with van der Waals surface area (Å²) < 4.78 is 28.4. The van der Waals surface area contributed by atoms with E-state index < -0.39 is 6.61 Å². The van der Waals surface area contributed by atoms with Gasteiger partial charge in [-0.05, 0) is 24.1 Å². The van der Waals surface area contributed by atoms with E-state index in [9.17, 15) is 8.78 Å². The minimum absolute atomic E-state index is 0.0185. The quantitative estimate of drug-likeness (QED) is 0.811. The maximum atomic E-state index is 12.0. The highest BCUT2D eigenvalue weighted by atomic mass is 19.3. The van der Waals surface area contributed by atoms with Gasteiger partial charge in [-0.25, -0.2) is 0 Å². The number of hydrogen-bond acceptors (Lipinski definition) is 2. The predicted octanol–water partition coefficient (Wildman–Crippen LogP) is 2.35. The van der Waals surface area contributed by atoms with Gasteiger partial charge >= 0.3 is 6.61 Å². The Morgan fingerprint density at radius 2 is 2.00 bits per heavy atom. The Morgan fingerprint density at radius 1 is 1.36 bits per heavy atom. The van der Waals surface area contributed by atoms with Crippen LogP contribution < -0.4 is 10.5 Å². The second-order valence-electron chi connectivity index (χ2n) is 3.05. The first-order valence-electron chi connectivity index (χ1n) is 4.39. The number of benzene rings is 1. The standard InChI is InChI=1S/C10H13F2NO/c1-7(6-13)8-4-2-3-5-9(8)14-10(11)12/h2-5,7,10H,6,13H2,1H3/t7-/m0/s1. The summed E-state index contributed by atoms with van der Waals surface area (Å²) in [5.41, 5.74) is 6.18. The molecule has 0 aromatic heterocycles. The Kier molecular flexibility index (Phi) is 3.83. The van der Waals surface area contributed by atoms with E-state index >= 15 is 0 Å². The SMILES string of the molecule is C[C@@H](CN)c1ccccc1OC(F)F. The lowest BCUT2D eigenvalue weighted by Gasteiger charge is -2.14. The molecule has 1 aromatic carbocycles. The minimum Gasteiger partial charge on any atom is -0.435 e. The summed E-state index contributed by atoms with van der Waals surface area (Å²) in [5, 5.41) is 0. The van der Waals surface area contributed by atoms with E-state index in [1.807, 2.05) is 6.92 Å². The third-order valence-electron chi connectivity index (χ3n) is 2.02. The number of ether oxygens (including phenoxy) is 1. The number of para-hydroxylation sites is 1. The average molecular weight is 201 g/mol. The number of hydrogen-bond donors (Lipinski definition) is 1. The van der Waals surface area contributed by atoms with Crippen LogP contribution in [-0.2, 0) is 0 Å². The highest BCUT2D eigenvalue weighted by Gasteiger charge is 2.12. The monoisotopic (exact) mass is 201 g/mol. The van der Waals surface area contributed by atoms with E-state index in [0.717, 1.165) is 5.56 Å². The van der Waals surface area contributed by atoms with Crippen molar-refractivity contribution in [2.75, 3.05) is 6.54 Å². The van der Waals surface area contributed by atoms with Crippen molar-refractivity contribution in [2.45, 2.75) is 19.5 Å². The zero-order valence-corrected chi connectivity index (χ0v) is 7.91. The van der Waals surface area contributed by atoms with Gasteiger partial charge in [0.05, 0.1) is 0 Å². The lowest BCUT2D eigenvalue weighted by molar-refractivity contribution is -0.0505. The molecular weight excluding hydrogens is 188 g/mol. The molecule has 14 heavy (non-hydrogen) atoms. The summed E-state index contributed by atoms with van der Waals surface area (Å²) in [7, 11) is 0. The molecule has 0 heterocycles. The molecule has 2 nitrogen and oxygen atoms in total. The van der Waals surface area contributed by atoms with Gasteiger partial charge in [-0.1, -0.05) is 25.1 Å². The van der Waals surface area contributed by atoms with E-state index in [0.29, 0.717) is 6.54 Å². The number of nitrogens with two attached hydrogens (primary N) is 1. The molecule has 0 unspecified atom stereocenters. The van der Waals surface area contributed by atoms with E-state index in [4.69, 9.17) is 5.73 Å². The van der Waals surface area contributed by atoms with Crippen LogP contribution in [0.3, 0.4) is 0 Å². The van der Waals surface area contributed by atoms with Crippen LogP contribution in [0, 0.1) is 0 Å². The van der Waals surface area contributed by atoms with E-state index in [1.54, 1.807) is 18.2 Å². The van der Waals surface area contributed by atoms with Crippen LogP contribution in [0.15, 0.2) is 24.3 Å². The van der Waals surface area contributed by atoms with Gasteiger partial charge < -0.3 is 10.5 Å². The van der Waals surface area contributed by atoms with Gasteiger partial charge in [-0.3, -0.25) is 0 Å². The fourth-order valence-corrected chi connectivity index (χ4v) is 1.22. The Morgan fingerprint density at radius 3 is 2.57 bits per heavy atom. The third kappa shape index (κ3) is 2.67. The van der Waals surface area contributed by atoms with Crippen LogP contribution in [-0.4, -0.2) is 13.2 Å². The van der Waals surface area contributed by atoms with E-state index in [1.165, 1.54) is 6.07 Å². The molecule has 4 heteroatoms. The molecule has 1 rings (SSSR count). The van der Waals surface area contributed by atoms with Gasteiger partial charge in [-0.15, -0.1) is 0 Å². The molecule has 0 spiro atoms. The van der Waals surface area contributed by atoms with Crippen LogP contribution in [0.1, 0.15) is 18.4 Å². The molecule has 0 saturated heterocycles. The fraction of sp³-hybridized carbons (Fsp3) is 0.400. The Balaban J connectivity index is 2.91. The second-order valence-corrected chi connectivity index (χ2v) is 3.05. The summed E-state index contributed by atoms with van der Waals surface area (Å²) >= 11 is 0. The molecule has 0 aliphatic heterocycles.